The van der Waals surface area contributed by atoms with Gasteiger partial charge in [-0.15, -0.1) is 0 Å². The zero-order valence-corrected chi connectivity index (χ0v) is 9.17. The largest absolute Gasteiger partial charge is 0.435 e. The minimum absolute atomic E-state index is 0.189. The van der Waals surface area contributed by atoms with E-state index in [9.17, 15) is 8.78 Å². The SMILES string of the molecule is CNCCNCc1ccc(OC(F)F)cc1. The van der Waals surface area contributed by atoms with Crippen molar-refractivity contribution in [3.63, 3.8) is 0 Å². The van der Waals surface area contributed by atoms with Gasteiger partial charge in [0.05, 0.1) is 0 Å². The number of nitrogens with one attached hydrogen (secondary N) is 2. The van der Waals surface area contributed by atoms with Gasteiger partial charge >= 0.3 is 6.61 Å². The van der Waals surface area contributed by atoms with Crippen molar-refractivity contribution >= 4 is 0 Å². The smallest absolute Gasteiger partial charge is 0.387 e. The molecule has 0 spiro atoms. The molecule has 0 heterocycles. The lowest BCUT2D eigenvalue weighted by Gasteiger charge is -2.07. The molecule has 1 aromatic carbocycles. The van der Waals surface area contributed by atoms with Gasteiger partial charge in [0.1, 0.15) is 5.75 Å². The summed E-state index contributed by atoms with van der Waals surface area (Å²) in [7, 11) is 1.89. The van der Waals surface area contributed by atoms with Crippen molar-refractivity contribution in [2.24, 2.45) is 0 Å². The molecule has 1 rings (SSSR count). The van der Waals surface area contributed by atoms with Crippen LogP contribution in [0.1, 0.15) is 5.56 Å². The van der Waals surface area contributed by atoms with Crippen molar-refractivity contribution in [2.75, 3.05) is 20.1 Å². The van der Waals surface area contributed by atoms with Gasteiger partial charge in [0.2, 0.25) is 0 Å². The average Bonchev–Trinajstić information content (AvgIpc) is 2.26. The predicted octanol–water partition coefficient (Wildman–Crippen LogP) is 1.60. The standard InChI is InChI=1S/C11H16F2N2O/c1-14-6-7-15-8-9-2-4-10(5-3-9)16-11(12)13/h2-5,11,14-15H,6-8H2,1H3. The number of ether oxygens (including phenoxy) is 1. The Morgan fingerprint density at radius 3 is 2.44 bits per heavy atom. The number of benzene rings is 1. The van der Waals surface area contributed by atoms with E-state index in [0.29, 0.717) is 0 Å². The molecule has 0 atom stereocenters. The Labute approximate surface area is 93.8 Å². The Bertz CT molecular complexity index is 291. The number of hydrogen-bond donors (Lipinski definition) is 2. The lowest BCUT2D eigenvalue weighted by molar-refractivity contribution is -0.0498. The summed E-state index contributed by atoms with van der Waals surface area (Å²) in [5.74, 6) is 0.189. The van der Waals surface area contributed by atoms with Gasteiger partial charge in [0.15, 0.2) is 0 Å². The summed E-state index contributed by atoms with van der Waals surface area (Å²) < 4.78 is 28.0. The van der Waals surface area contributed by atoms with E-state index in [4.69, 9.17) is 0 Å². The average molecular weight is 230 g/mol. The van der Waals surface area contributed by atoms with Crippen LogP contribution < -0.4 is 15.4 Å². The second-order valence-corrected chi connectivity index (χ2v) is 3.30. The molecule has 0 saturated heterocycles. The van der Waals surface area contributed by atoms with Crippen molar-refractivity contribution < 1.29 is 13.5 Å². The summed E-state index contributed by atoms with van der Waals surface area (Å²) in [6, 6.07) is 6.62. The fourth-order valence-electron chi connectivity index (χ4n) is 1.23. The maximum Gasteiger partial charge on any atom is 0.387 e. The first kappa shape index (κ1) is 12.9. The van der Waals surface area contributed by atoms with Crippen LogP contribution in [-0.4, -0.2) is 26.7 Å². The molecular weight excluding hydrogens is 214 g/mol. The van der Waals surface area contributed by atoms with Gasteiger partial charge < -0.3 is 15.4 Å². The summed E-state index contributed by atoms with van der Waals surface area (Å²) in [5, 5.41) is 6.23. The molecule has 5 heteroatoms. The second kappa shape index (κ2) is 7.14. The van der Waals surface area contributed by atoms with Crippen LogP contribution in [0.3, 0.4) is 0 Å². The van der Waals surface area contributed by atoms with Crippen molar-refractivity contribution in [3.05, 3.63) is 29.8 Å². The van der Waals surface area contributed by atoms with Crippen molar-refractivity contribution in [3.8, 4) is 5.75 Å². The monoisotopic (exact) mass is 230 g/mol. The van der Waals surface area contributed by atoms with E-state index in [1.807, 2.05) is 7.05 Å². The van der Waals surface area contributed by atoms with Crippen LogP contribution in [-0.2, 0) is 6.54 Å². The quantitative estimate of drug-likeness (QED) is 0.698. The van der Waals surface area contributed by atoms with E-state index >= 15 is 0 Å². The summed E-state index contributed by atoms with van der Waals surface area (Å²) in [5.41, 5.74) is 1.04. The maximum absolute atomic E-state index is 11.9. The maximum atomic E-state index is 11.9. The van der Waals surface area contributed by atoms with Crippen LogP contribution in [0.2, 0.25) is 0 Å². The van der Waals surface area contributed by atoms with Crippen molar-refractivity contribution in [2.45, 2.75) is 13.2 Å². The molecule has 90 valence electrons. The zero-order chi connectivity index (χ0) is 11.8. The third-order valence-electron chi connectivity index (χ3n) is 2.03. The molecule has 0 saturated carbocycles. The Balaban J connectivity index is 2.33. The third-order valence-corrected chi connectivity index (χ3v) is 2.03. The number of halogens is 2. The molecule has 16 heavy (non-hydrogen) atoms. The van der Waals surface area contributed by atoms with Crippen LogP contribution in [0.5, 0.6) is 5.75 Å². The summed E-state index contributed by atoms with van der Waals surface area (Å²) >= 11 is 0. The first-order chi connectivity index (χ1) is 7.72. The molecule has 0 amide bonds. The molecule has 2 N–H and O–H groups in total. The minimum atomic E-state index is -2.76. The van der Waals surface area contributed by atoms with Gasteiger partial charge in [-0.3, -0.25) is 0 Å². The molecule has 0 aliphatic rings. The van der Waals surface area contributed by atoms with Crippen LogP contribution >= 0.6 is 0 Å². The molecule has 0 aromatic heterocycles. The molecule has 0 fully saturated rings. The lowest BCUT2D eigenvalue weighted by Crippen LogP contribution is -2.24. The molecule has 0 unspecified atom stereocenters. The Morgan fingerprint density at radius 2 is 1.88 bits per heavy atom. The third kappa shape index (κ3) is 5.04. The highest BCUT2D eigenvalue weighted by Gasteiger charge is 2.03. The van der Waals surface area contributed by atoms with Crippen LogP contribution in [0.15, 0.2) is 24.3 Å². The summed E-state index contributed by atoms with van der Waals surface area (Å²) in [6.07, 6.45) is 0. The van der Waals surface area contributed by atoms with Gasteiger partial charge in [-0.25, -0.2) is 0 Å². The lowest BCUT2D eigenvalue weighted by atomic mass is 10.2. The molecule has 0 aliphatic carbocycles. The second-order valence-electron chi connectivity index (χ2n) is 3.30. The fraction of sp³-hybridized carbons (Fsp3) is 0.455. The highest BCUT2D eigenvalue weighted by atomic mass is 19.3. The molecule has 0 aliphatic heterocycles. The molecular formula is C11H16F2N2O. The Kier molecular flexibility index (Phi) is 5.74. The number of hydrogen-bond acceptors (Lipinski definition) is 3. The van der Waals surface area contributed by atoms with Crippen LogP contribution in [0.4, 0.5) is 8.78 Å². The normalized spacial score (nSPS) is 10.8. The van der Waals surface area contributed by atoms with E-state index < -0.39 is 6.61 Å². The highest BCUT2D eigenvalue weighted by Crippen LogP contribution is 2.14. The van der Waals surface area contributed by atoms with Crippen LogP contribution in [0.25, 0.3) is 0 Å². The number of rotatable bonds is 7. The van der Waals surface area contributed by atoms with E-state index in [-0.39, 0.29) is 5.75 Å². The molecule has 0 radical (unpaired) electrons. The van der Waals surface area contributed by atoms with E-state index in [1.165, 1.54) is 0 Å². The van der Waals surface area contributed by atoms with Crippen molar-refractivity contribution in [1.29, 1.82) is 0 Å². The number of alkyl halides is 2. The van der Waals surface area contributed by atoms with Crippen LogP contribution in [0, 0.1) is 0 Å². The van der Waals surface area contributed by atoms with Crippen molar-refractivity contribution in [1.82, 2.24) is 10.6 Å². The minimum Gasteiger partial charge on any atom is -0.435 e. The summed E-state index contributed by atoms with van der Waals surface area (Å²) in [6.45, 7) is -0.283. The highest BCUT2D eigenvalue weighted by molar-refractivity contribution is 5.27. The van der Waals surface area contributed by atoms with E-state index in [2.05, 4.69) is 15.4 Å². The molecule has 0 bridgehead atoms. The van der Waals surface area contributed by atoms with Gasteiger partial charge in [-0.1, -0.05) is 12.1 Å². The Morgan fingerprint density at radius 1 is 1.19 bits per heavy atom. The van der Waals surface area contributed by atoms with Gasteiger partial charge in [0.25, 0.3) is 0 Å². The van der Waals surface area contributed by atoms with Gasteiger partial charge in [-0.2, -0.15) is 8.78 Å². The zero-order valence-electron chi connectivity index (χ0n) is 9.17. The predicted molar refractivity (Wildman–Crippen MR) is 58.7 cm³/mol. The molecule has 3 nitrogen and oxygen atoms in total. The van der Waals surface area contributed by atoms with E-state index in [0.717, 1.165) is 25.2 Å². The Hall–Kier alpha value is -1.20. The van der Waals surface area contributed by atoms with Gasteiger partial charge in [-0.05, 0) is 24.7 Å². The van der Waals surface area contributed by atoms with E-state index in [1.54, 1.807) is 24.3 Å². The first-order valence-electron chi connectivity index (χ1n) is 5.11. The summed E-state index contributed by atoms with van der Waals surface area (Å²) in [4.78, 5) is 0. The topological polar surface area (TPSA) is 33.3 Å². The molecule has 1 aromatic rings. The first-order valence-corrected chi connectivity index (χ1v) is 5.11. The fourth-order valence-corrected chi connectivity index (χ4v) is 1.23. The van der Waals surface area contributed by atoms with Gasteiger partial charge in [0, 0.05) is 19.6 Å². The number of likely N-dealkylation sites (N-methyl/N-ethyl adjacent to an activating group) is 1.